The highest BCUT2D eigenvalue weighted by atomic mass is 32.2. The zero-order chi connectivity index (χ0) is 24.3. The number of rotatable bonds is 6. The Kier molecular flexibility index (Phi) is 6.82. The fourth-order valence-corrected chi connectivity index (χ4v) is 5.62. The van der Waals surface area contributed by atoms with Gasteiger partial charge in [0.2, 0.25) is 10.0 Å². The van der Waals surface area contributed by atoms with E-state index in [0.29, 0.717) is 56.7 Å². The highest BCUT2D eigenvalue weighted by Gasteiger charge is 2.29. The zero-order valence-corrected chi connectivity index (χ0v) is 19.9. The normalized spacial score (nSPS) is 17.3. The first-order valence-electron chi connectivity index (χ1n) is 11.4. The standard InChI is InChI=1S/C24H26N4O6S/c29-24(26-19-3-1-2-18(14-19)23-16-25-17-34-23)21-15-20(35(30,31)28-8-12-33-13-9-28)4-5-22(21)27-6-10-32-11-7-27/h1-5,14-17H,6-13H2,(H,26,29). The predicted octanol–water partition coefficient (Wildman–Crippen LogP) is 2.45. The molecule has 2 aromatic carbocycles. The van der Waals surface area contributed by atoms with Gasteiger partial charge in [-0.15, -0.1) is 0 Å². The fourth-order valence-electron chi connectivity index (χ4n) is 4.18. The first-order chi connectivity index (χ1) is 17.0. The van der Waals surface area contributed by atoms with Gasteiger partial charge in [-0.05, 0) is 30.3 Å². The molecule has 10 nitrogen and oxygen atoms in total. The Hall–Kier alpha value is -3.25. The summed E-state index contributed by atoms with van der Waals surface area (Å²) in [5, 5.41) is 2.91. The van der Waals surface area contributed by atoms with Gasteiger partial charge in [-0.2, -0.15) is 4.31 Å². The molecule has 1 N–H and O–H groups in total. The van der Waals surface area contributed by atoms with Crippen molar-refractivity contribution in [3.05, 3.63) is 60.6 Å². The van der Waals surface area contributed by atoms with Crippen LogP contribution < -0.4 is 10.2 Å². The van der Waals surface area contributed by atoms with Gasteiger partial charge in [-0.3, -0.25) is 4.79 Å². The minimum atomic E-state index is -3.76. The number of morpholine rings is 2. The minimum Gasteiger partial charge on any atom is -0.444 e. The summed E-state index contributed by atoms with van der Waals surface area (Å²) in [5.74, 6) is 0.175. The number of carbonyl (C=O) groups excluding carboxylic acids is 1. The van der Waals surface area contributed by atoms with Crippen molar-refractivity contribution >= 4 is 27.3 Å². The van der Waals surface area contributed by atoms with Crippen LogP contribution in [0.25, 0.3) is 11.3 Å². The molecule has 35 heavy (non-hydrogen) atoms. The van der Waals surface area contributed by atoms with E-state index >= 15 is 0 Å². The van der Waals surface area contributed by atoms with E-state index in [1.165, 1.54) is 16.8 Å². The van der Waals surface area contributed by atoms with Crippen LogP contribution in [0.4, 0.5) is 11.4 Å². The highest BCUT2D eigenvalue weighted by Crippen LogP contribution is 2.29. The van der Waals surface area contributed by atoms with Crippen LogP contribution in [0.5, 0.6) is 0 Å². The molecule has 5 rings (SSSR count). The van der Waals surface area contributed by atoms with Crippen LogP contribution in [0.15, 0.2) is 64.4 Å². The lowest BCUT2D eigenvalue weighted by Gasteiger charge is -2.31. The Balaban J connectivity index is 1.48. The molecule has 2 saturated heterocycles. The van der Waals surface area contributed by atoms with E-state index in [1.54, 1.807) is 36.5 Å². The summed E-state index contributed by atoms with van der Waals surface area (Å²) >= 11 is 0. The number of sulfonamides is 1. The molecular weight excluding hydrogens is 472 g/mol. The van der Waals surface area contributed by atoms with E-state index in [-0.39, 0.29) is 23.5 Å². The van der Waals surface area contributed by atoms with Crippen LogP contribution >= 0.6 is 0 Å². The molecule has 0 atom stereocenters. The molecule has 2 fully saturated rings. The Morgan fingerprint density at radius 3 is 2.40 bits per heavy atom. The van der Waals surface area contributed by atoms with Crippen molar-refractivity contribution in [2.24, 2.45) is 0 Å². The average molecular weight is 499 g/mol. The number of aromatic nitrogens is 1. The van der Waals surface area contributed by atoms with Gasteiger partial charge in [-0.1, -0.05) is 12.1 Å². The molecule has 3 aromatic rings. The molecule has 0 radical (unpaired) electrons. The number of anilines is 2. The summed E-state index contributed by atoms with van der Waals surface area (Å²) < 4.78 is 44.0. The Bertz CT molecular complexity index is 1280. The second-order valence-electron chi connectivity index (χ2n) is 8.20. The molecular formula is C24H26N4O6S. The van der Waals surface area contributed by atoms with Crippen LogP contribution in [-0.2, 0) is 19.5 Å². The summed E-state index contributed by atoms with van der Waals surface area (Å²) in [6.45, 7) is 3.54. The second-order valence-corrected chi connectivity index (χ2v) is 10.1. The number of oxazole rings is 1. The van der Waals surface area contributed by atoms with Crippen molar-refractivity contribution in [3.8, 4) is 11.3 Å². The summed E-state index contributed by atoms with van der Waals surface area (Å²) in [5.41, 5.74) is 2.26. The average Bonchev–Trinajstić information content (AvgIpc) is 3.45. The van der Waals surface area contributed by atoms with Crippen molar-refractivity contribution in [2.45, 2.75) is 4.90 Å². The first kappa shape index (κ1) is 23.5. The monoisotopic (exact) mass is 498 g/mol. The summed E-state index contributed by atoms with van der Waals surface area (Å²) in [6.07, 6.45) is 2.94. The highest BCUT2D eigenvalue weighted by molar-refractivity contribution is 7.89. The molecule has 0 saturated carbocycles. The molecule has 1 aromatic heterocycles. The number of nitrogens with one attached hydrogen (secondary N) is 1. The van der Waals surface area contributed by atoms with Crippen molar-refractivity contribution in [2.75, 3.05) is 62.8 Å². The van der Waals surface area contributed by atoms with Gasteiger partial charge in [0.05, 0.1) is 43.1 Å². The van der Waals surface area contributed by atoms with Crippen molar-refractivity contribution in [1.82, 2.24) is 9.29 Å². The Labute approximate surface area is 203 Å². The number of nitrogens with zero attached hydrogens (tertiary/aromatic N) is 3. The molecule has 2 aliphatic rings. The fraction of sp³-hybridized carbons (Fsp3) is 0.333. The first-order valence-corrected chi connectivity index (χ1v) is 12.8. The summed E-state index contributed by atoms with van der Waals surface area (Å²) in [4.78, 5) is 19.5. The number of hydrogen-bond donors (Lipinski definition) is 1. The van der Waals surface area contributed by atoms with Gasteiger partial charge in [-0.25, -0.2) is 13.4 Å². The molecule has 1 amide bonds. The summed E-state index contributed by atoms with van der Waals surface area (Å²) in [6, 6.07) is 11.9. The van der Waals surface area contributed by atoms with Crippen LogP contribution in [0, 0.1) is 0 Å². The molecule has 0 unspecified atom stereocenters. The molecule has 2 aliphatic heterocycles. The van der Waals surface area contributed by atoms with Crippen LogP contribution in [-0.4, -0.2) is 76.2 Å². The maximum absolute atomic E-state index is 13.5. The van der Waals surface area contributed by atoms with Crippen molar-refractivity contribution in [1.29, 1.82) is 0 Å². The van der Waals surface area contributed by atoms with Gasteiger partial charge < -0.3 is 24.1 Å². The van der Waals surface area contributed by atoms with Crippen LogP contribution in [0.1, 0.15) is 10.4 Å². The maximum Gasteiger partial charge on any atom is 0.257 e. The maximum atomic E-state index is 13.5. The Morgan fingerprint density at radius 2 is 1.69 bits per heavy atom. The minimum absolute atomic E-state index is 0.0805. The number of carbonyl (C=O) groups is 1. The molecule has 3 heterocycles. The van der Waals surface area contributed by atoms with Gasteiger partial charge in [0, 0.05) is 43.1 Å². The largest absolute Gasteiger partial charge is 0.444 e. The van der Waals surface area contributed by atoms with E-state index < -0.39 is 15.9 Å². The van der Waals surface area contributed by atoms with Crippen molar-refractivity contribution < 1.29 is 27.1 Å². The lowest BCUT2D eigenvalue weighted by Crippen LogP contribution is -2.41. The van der Waals surface area contributed by atoms with Gasteiger partial charge in [0.15, 0.2) is 12.2 Å². The SMILES string of the molecule is O=C(Nc1cccc(-c2cnco2)c1)c1cc(S(=O)(=O)N2CCOCC2)ccc1N1CCOCC1. The smallest absolute Gasteiger partial charge is 0.257 e. The zero-order valence-electron chi connectivity index (χ0n) is 19.1. The second kappa shape index (κ2) is 10.2. The molecule has 0 spiro atoms. The van der Waals surface area contributed by atoms with E-state index in [4.69, 9.17) is 13.9 Å². The lowest BCUT2D eigenvalue weighted by molar-refractivity contribution is 0.0730. The van der Waals surface area contributed by atoms with E-state index in [0.717, 1.165) is 5.56 Å². The molecule has 0 bridgehead atoms. The van der Waals surface area contributed by atoms with Gasteiger partial charge in [0.1, 0.15) is 0 Å². The lowest BCUT2D eigenvalue weighted by atomic mass is 10.1. The predicted molar refractivity (Wildman–Crippen MR) is 129 cm³/mol. The number of amides is 1. The third-order valence-electron chi connectivity index (χ3n) is 6.01. The molecule has 0 aliphatic carbocycles. The quantitative estimate of drug-likeness (QED) is 0.551. The molecule has 184 valence electrons. The summed E-state index contributed by atoms with van der Waals surface area (Å²) in [7, 11) is -3.76. The van der Waals surface area contributed by atoms with Gasteiger partial charge >= 0.3 is 0 Å². The number of hydrogen-bond acceptors (Lipinski definition) is 8. The Morgan fingerprint density at radius 1 is 0.943 bits per heavy atom. The van der Waals surface area contributed by atoms with E-state index in [9.17, 15) is 13.2 Å². The van der Waals surface area contributed by atoms with Crippen LogP contribution in [0.2, 0.25) is 0 Å². The third kappa shape index (κ3) is 5.08. The number of benzene rings is 2. The van der Waals surface area contributed by atoms with Gasteiger partial charge in [0.25, 0.3) is 5.91 Å². The van der Waals surface area contributed by atoms with E-state index in [1.807, 2.05) is 11.0 Å². The number of ether oxygens (including phenoxy) is 2. The molecule has 11 heteroatoms. The topological polar surface area (TPSA) is 114 Å². The van der Waals surface area contributed by atoms with Crippen molar-refractivity contribution in [3.63, 3.8) is 0 Å². The van der Waals surface area contributed by atoms with Crippen LogP contribution in [0.3, 0.4) is 0 Å². The van der Waals surface area contributed by atoms with E-state index in [2.05, 4.69) is 10.3 Å². The third-order valence-corrected chi connectivity index (χ3v) is 7.90.